The average molecular weight is 562 g/mol. The van der Waals surface area contributed by atoms with E-state index in [4.69, 9.17) is 17.0 Å². The van der Waals surface area contributed by atoms with Crippen LogP contribution in [0.3, 0.4) is 0 Å². The first-order valence-corrected chi connectivity index (χ1v) is 12.7. The molecule has 1 fully saturated rings. The molecular weight excluding hydrogens is 536 g/mol. The number of methoxy groups -OCH3 is 1. The highest BCUT2D eigenvalue weighted by Gasteiger charge is 2.42. The number of esters is 1. The lowest BCUT2D eigenvalue weighted by Crippen LogP contribution is -2.29. The van der Waals surface area contributed by atoms with E-state index < -0.39 is 0 Å². The molecule has 36 heavy (non-hydrogen) atoms. The van der Waals surface area contributed by atoms with Crippen molar-refractivity contribution >= 4 is 44.9 Å². The number of carbonyl (C=O) groups excluding carboxylic acids is 1. The first-order chi connectivity index (χ1) is 17.4. The van der Waals surface area contributed by atoms with Crippen molar-refractivity contribution in [3.8, 4) is 5.69 Å². The fourth-order valence-electron chi connectivity index (χ4n) is 4.92. The molecule has 0 bridgehead atoms. The minimum atomic E-state index is -0.360. The zero-order chi connectivity index (χ0) is 25.4. The molecule has 1 aliphatic rings. The summed E-state index contributed by atoms with van der Waals surface area (Å²) in [5.41, 5.74) is 6.57. The second-order valence-electron chi connectivity index (χ2n) is 8.68. The fraction of sp³-hybridized carbons (Fsp3) is 0.179. The first kappa shape index (κ1) is 24.2. The zero-order valence-electron chi connectivity index (χ0n) is 20.1. The summed E-state index contributed by atoms with van der Waals surface area (Å²) >= 11 is 9.40. The Kier molecular flexibility index (Phi) is 6.64. The van der Waals surface area contributed by atoms with Gasteiger partial charge in [-0.3, -0.25) is 4.98 Å². The van der Waals surface area contributed by atoms with Crippen molar-refractivity contribution in [2.75, 3.05) is 12.0 Å². The van der Waals surface area contributed by atoms with E-state index in [9.17, 15) is 4.79 Å². The van der Waals surface area contributed by atoms with Gasteiger partial charge in [0.05, 0.1) is 30.5 Å². The number of halogens is 1. The smallest absolute Gasteiger partial charge is 0.337 e. The topological polar surface area (TPSA) is 59.4 Å². The quantitative estimate of drug-likeness (QED) is 0.231. The molecule has 0 aliphatic carbocycles. The molecule has 2 aromatic heterocycles. The molecule has 2 aromatic carbocycles. The van der Waals surface area contributed by atoms with Crippen LogP contribution < -0.4 is 10.2 Å². The van der Waals surface area contributed by atoms with Gasteiger partial charge in [-0.05, 0) is 92.3 Å². The van der Waals surface area contributed by atoms with Gasteiger partial charge in [0.1, 0.15) is 0 Å². The van der Waals surface area contributed by atoms with Crippen LogP contribution in [0.25, 0.3) is 5.69 Å². The summed E-state index contributed by atoms with van der Waals surface area (Å²) in [5.74, 6) is -0.360. The number of thiocarbonyl (C=S) groups is 1. The molecule has 1 N–H and O–H groups in total. The van der Waals surface area contributed by atoms with Gasteiger partial charge in [-0.25, -0.2) is 4.79 Å². The van der Waals surface area contributed by atoms with Crippen LogP contribution in [-0.4, -0.2) is 27.7 Å². The lowest BCUT2D eigenvalue weighted by atomic mass is 9.96. The largest absolute Gasteiger partial charge is 0.465 e. The SMILES string of the molecule is COC(=O)c1cccc(-n2c(C)cc([C@@H]3[C@@H](c4ccccn4)NC(=S)N3c3ccc(Br)cc3)c2C)c1. The van der Waals surface area contributed by atoms with Gasteiger partial charge in [-0.2, -0.15) is 0 Å². The Hall–Kier alpha value is -3.49. The molecule has 6 nitrogen and oxygen atoms in total. The van der Waals surface area contributed by atoms with Crippen molar-refractivity contribution < 1.29 is 9.53 Å². The molecule has 4 aromatic rings. The molecule has 0 saturated carbocycles. The van der Waals surface area contributed by atoms with Crippen LogP contribution in [0.2, 0.25) is 0 Å². The number of rotatable bonds is 5. The van der Waals surface area contributed by atoms with E-state index in [0.717, 1.165) is 38.5 Å². The summed E-state index contributed by atoms with van der Waals surface area (Å²) in [5, 5.41) is 4.17. The number of hydrogen-bond donors (Lipinski definition) is 1. The maximum absolute atomic E-state index is 12.2. The Morgan fingerprint density at radius 2 is 1.81 bits per heavy atom. The van der Waals surface area contributed by atoms with Gasteiger partial charge in [0, 0.05) is 33.4 Å². The number of pyridine rings is 1. The number of aryl methyl sites for hydroxylation is 1. The molecular formula is C28H25BrN4O2S. The minimum Gasteiger partial charge on any atom is -0.465 e. The maximum atomic E-state index is 12.2. The van der Waals surface area contributed by atoms with Gasteiger partial charge < -0.3 is 19.5 Å². The number of carbonyl (C=O) groups is 1. The van der Waals surface area contributed by atoms with Crippen LogP contribution in [0, 0.1) is 13.8 Å². The van der Waals surface area contributed by atoms with Crippen LogP contribution in [-0.2, 0) is 4.74 Å². The molecule has 3 heterocycles. The van der Waals surface area contributed by atoms with E-state index in [1.165, 1.54) is 7.11 Å². The van der Waals surface area contributed by atoms with Crippen molar-refractivity contribution in [2.45, 2.75) is 25.9 Å². The van der Waals surface area contributed by atoms with Crippen LogP contribution in [0.4, 0.5) is 5.69 Å². The monoisotopic (exact) mass is 560 g/mol. The highest BCUT2D eigenvalue weighted by molar-refractivity contribution is 9.10. The number of nitrogens with zero attached hydrogens (tertiary/aromatic N) is 3. The van der Waals surface area contributed by atoms with Gasteiger partial charge in [-0.15, -0.1) is 0 Å². The normalized spacial score (nSPS) is 17.2. The van der Waals surface area contributed by atoms with E-state index in [2.05, 4.69) is 67.7 Å². The number of anilines is 1. The molecule has 1 aliphatic heterocycles. The predicted octanol–water partition coefficient (Wildman–Crippen LogP) is 6.22. The fourth-order valence-corrected chi connectivity index (χ4v) is 5.54. The summed E-state index contributed by atoms with van der Waals surface area (Å²) in [6, 6.07) is 23.5. The lowest BCUT2D eigenvalue weighted by Gasteiger charge is -2.28. The molecule has 0 radical (unpaired) electrons. The number of ether oxygens (including phenoxy) is 1. The molecule has 182 valence electrons. The van der Waals surface area contributed by atoms with Gasteiger partial charge >= 0.3 is 5.97 Å². The number of benzene rings is 2. The maximum Gasteiger partial charge on any atom is 0.337 e. The summed E-state index contributed by atoms with van der Waals surface area (Å²) < 4.78 is 8.10. The van der Waals surface area contributed by atoms with Crippen LogP contribution in [0.1, 0.15) is 45.1 Å². The Labute approximate surface area is 224 Å². The molecule has 0 spiro atoms. The second kappa shape index (κ2) is 9.87. The third-order valence-electron chi connectivity index (χ3n) is 6.52. The van der Waals surface area contributed by atoms with Crippen LogP contribution in [0.5, 0.6) is 0 Å². The Balaban J connectivity index is 1.66. The van der Waals surface area contributed by atoms with Crippen molar-refractivity contribution in [3.05, 3.63) is 112 Å². The molecule has 8 heteroatoms. The van der Waals surface area contributed by atoms with E-state index in [-0.39, 0.29) is 18.1 Å². The minimum absolute atomic E-state index is 0.127. The molecule has 2 atom stereocenters. The van der Waals surface area contributed by atoms with E-state index in [1.807, 2.05) is 48.5 Å². The van der Waals surface area contributed by atoms with Crippen molar-refractivity contribution in [2.24, 2.45) is 0 Å². The first-order valence-electron chi connectivity index (χ1n) is 11.5. The number of hydrogen-bond acceptors (Lipinski definition) is 4. The van der Waals surface area contributed by atoms with Gasteiger partial charge in [-0.1, -0.05) is 28.1 Å². The number of aromatic nitrogens is 2. The van der Waals surface area contributed by atoms with Crippen molar-refractivity contribution in [1.29, 1.82) is 0 Å². The third-order valence-corrected chi connectivity index (χ3v) is 7.36. The van der Waals surface area contributed by atoms with Crippen LogP contribution in [0.15, 0.2) is 83.5 Å². The van der Waals surface area contributed by atoms with E-state index in [1.54, 1.807) is 12.3 Å². The summed E-state index contributed by atoms with van der Waals surface area (Å²) in [4.78, 5) is 19.0. The third kappa shape index (κ3) is 4.31. The summed E-state index contributed by atoms with van der Waals surface area (Å²) in [7, 11) is 1.39. The lowest BCUT2D eigenvalue weighted by molar-refractivity contribution is 0.0600. The highest BCUT2D eigenvalue weighted by Crippen LogP contribution is 2.43. The van der Waals surface area contributed by atoms with Gasteiger partial charge in [0.15, 0.2) is 5.11 Å². The Morgan fingerprint density at radius 3 is 2.50 bits per heavy atom. The standard InChI is InChI=1S/C28H25BrN4O2S/c1-17-15-23(18(2)32(17)22-8-6-7-19(16-22)27(34)35-3)26-25(24-9-4-5-14-30-24)31-28(36)33(26)21-12-10-20(29)11-13-21/h4-16,25-26H,1-3H3,(H,31,36)/t25-,26-/m1/s1. The Morgan fingerprint density at radius 1 is 1.03 bits per heavy atom. The average Bonchev–Trinajstić information content (AvgIpc) is 3.39. The van der Waals surface area contributed by atoms with E-state index >= 15 is 0 Å². The molecule has 5 rings (SSSR count). The highest BCUT2D eigenvalue weighted by atomic mass is 79.9. The Bertz CT molecular complexity index is 1440. The zero-order valence-corrected chi connectivity index (χ0v) is 22.5. The summed E-state index contributed by atoms with van der Waals surface area (Å²) in [6.07, 6.45) is 1.81. The number of nitrogens with one attached hydrogen (secondary N) is 1. The van der Waals surface area contributed by atoms with Gasteiger partial charge in [0.25, 0.3) is 0 Å². The molecule has 1 saturated heterocycles. The van der Waals surface area contributed by atoms with Crippen molar-refractivity contribution in [3.63, 3.8) is 0 Å². The van der Waals surface area contributed by atoms with Crippen LogP contribution >= 0.6 is 28.1 Å². The summed E-state index contributed by atoms with van der Waals surface area (Å²) in [6.45, 7) is 4.17. The molecule has 0 amide bonds. The predicted molar refractivity (Wildman–Crippen MR) is 149 cm³/mol. The van der Waals surface area contributed by atoms with Gasteiger partial charge in [0.2, 0.25) is 0 Å². The van der Waals surface area contributed by atoms with E-state index in [0.29, 0.717) is 10.7 Å². The second-order valence-corrected chi connectivity index (χ2v) is 9.98. The molecule has 0 unspecified atom stereocenters. The van der Waals surface area contributed by atoms with Crippen molar-refractivity contribution in [1.82, 2.24) is 14.9 Å².